The van der Waals surface area contributed by atoms with E-state index in [-0.39, 0.29) is 5.92 Å². The minimum absolute atomic E-state index is 0.246. The summed E-state index contributed by atoms with van der Waals surface area (Å²) in [6, 6.07) is 0. The molecule has 0 spiro atoms. The monoisotopic (exact) mass is 327 g/mol. The molecule has 1 atom stereocenters. The Balaban J connectivity index is 2.47. The van der Waals surface area contributed by atoms with Crippen LogP contribution in [0.1, 0.15) is 110 Å². The Morgan fingerprint density at radius 2 is 0.870 bits per heavy atom. The van der Waals surface area contributed by atoms with Crippen molar-refractivity contribution < 1.29 is 10.2 Å². The van der Waals surface area contributed by atoms with Crippen LogP contribution in [0.3, 0.4) is 0 Å². The molecule has 1 aliphatic rings. The number of nitrogens with two attached hydrogens (primary N) is 1. The lowest BCUT2D eigenvalue weighted by Gasteiger charge is -2.37. The maximum Gasteiger partial charge on any atom is 0.155 e. The first-order valence-electron chi connectivity index (χ1n) is 10.2. The molecule has 1 rings (SSSR count). The zero-order chi connectivity index (χ0) is 17.0. The van der Waals surface area contributed by atoms with Gasteiger partial charge in [-0.05, 0) is 12.8 Å². The van der Waals surface area contributed by atoms with E-state index < -0.39 is 11.8 Å². The summed E-state index contributed by atoms with van der Waals surface area (Å²) in [6.07, 6.45) is 18.9. The van der Waals surface area contributed by atoms with Crippen LogP contribution in [0.4, 0.5) is 0 Å². The van der Waals surface area contributed by atoms with Crippen LogP contribution >= 0.6 is 0 Å². The molecular weight excluding hydrogens is 286 g/mol. The summed E-state index contributed by atoms with van der Waals surface area (Å²) in [5.41, 5.74) is 6.20. The normalized spacial score (nSPS) is 24.9. The van der Waals surface area contributed by atoms with Crippen LogP contribution in [0.2, 0.25) is 0 Å². The maximum atomic E-state index is 9.58. The van der Waals surface area contributed by atoms with Crippen molar-refractivity contribution in [3.63, 3.8) is 0 Å². The highest BCUT2D eigenvalue weighted by atomic mass is 16.5. The Bertz CT molecular complexity index is 263. The number of aliphatic hydroxyl groups is 2. The van der Waals surface area contributed by atoms with Gasteiger partial charge in [-0.2, -0.15) is 0 Å². The van der Waals surface area contributed by atoms with Crippen LogP contribution in [-0.4, -0.2) is 22.0 Å². The van der Waals surface area contributed by atoms with Gasteiger partial charge in [0.05, 0.1) is 0 Å². The Kier molecular flexibility index (Phi) is 11.2. The van der Waals surface area contributed by atoms with E-state index in [0.717, 1.165) is 25.7 Å². The minimum Gasteiger partial charge on any atom is -0.368 e. The molecule has 0 saturated heterocycles. The molecule has 0 amide bonds. The standard InChI is InChI=1S/C20H41NO2/c1-18(19(22)23)20(21)16-14-12-10-8-6-4-2-3-5-7-9-11-13-15-17-20/h18-19,22-23H,2-17,21H2,1H3. The summed E-state index contributed by atoms with van der Waals surface area (Å²) >= 11 is 0. The van der Waals surface area contributed by atoms with Gasteiger partial charge in [-0.3, -0.25) is 0 Å². The molecule has 1 unspecified atom stereocenters. The maximum absolute atomic E-state index is 9.58. The summed E-state index contributed by atoms with van der Waals surface area (Å²) < 4.78 is 0. The van der Waals surface area contributed by atoms with Gasteiger partial charge in [0, 0.05) is 11.5 Å². The molecule has 1 saturated carbocycles. The zero-order valence-electron chi connectivity index (χ0n) is 15.4. The van der Waals surface area contributed by atoms with Crippen molar-refractivity contribution in [3.8, 4) is 0 Å². The molecule has 0 bridgehead atoms. The van der Waals surface area contributed by atoms with Crippen LogP contribution in [0.15, 0.2) is 0 Å². The Morgan fingerprint density at radius 1 is 0.609 bits per heavy atom. The van der Waals surface area contributed by atoms with Crippen LogP contribution in [0.5, 0.6) is 0 Å². The van der Waals surface area contributed by atoms with Gasteiger partial charge in [-0.1, -0.05) is 96.8 Å². The van der Waals surface area contributed by atoms with Crippen molar-refractivity contribution in [1.82, 2.24) is 0 Å². The van der Waals surface area contributed by atoms with E-state index in [1.807, 2.05) is 6.92 Å². The summed E-state index contributed by atoms with van der Waals surface area (Å²) in [5, 5.41) is 19.2. The van der Waals surface area contributed by atoms with E-state index in [1.54, 1.807) is 0 Å². The summed E-state index contributed by atoms with van der Waals surface area (Å²) in [5.74, 6) is -0.246. The minimum atomic E-state index is -1.30. The number of hydrogen-bond acceptors (Lipinski definition) is 3. The van der Waals surface area contributed by atoms with Crippen LogP contribution in [-0.2, 0) is 0 Å². The molecule has 0 heterocycles. The molecule has 23 heavy (non-hydrogen) atoms. The number of aliphatic hydroxyl groups excluding tert-OH is 1. The molecule has 0 aliphatic heterocycles. The highest BCUT2D eigenvalue weighted by molar-refractivity contribution is 4.90. The van der Waals surface area contributed by atoms with Crippen LogP contribution < -0.4 is 5.73 Å². The van der Waals surface area contributed by atoms with E-state index in [2.05, 4.69) is 0 Å². The van der Waals surface area contributed by atoms with Crippen molar-refractivity contribution in [2.24, 2.45) is 11.7 Å². The van der Waals surface area contributed by atoms with Gasteiger partial charge in [0.2, 0.25) is 0 Å². The molecule has 0 radical (unpaired) electrons. The highest BCUT2D eigenvalue weighted by Gasteiger charge is 2.34. The second kappa shape index (κ2) is 12.3. The Labute approximate surface area is 144 Å². The van der Waals surface area contributed by atoms with Crippen molar-refractivity contribution >= 4 is 0 Å². The number of hydrogen-bond donors (Lipinski definition) is 3. The van der Waals surface area contributed by atoms with Gasteiger partial charge in [-0.25, -0.2) is 0 Å². The molecule has 0 aromatic rings. The first kappa shape index (κ1) is 20.9. The lowest BCUT2D eigenvalue weighted by atomic mass is 9.77. The average molecular weight is 328 g/mol. The molecule has 138 valence electrons. The predicted molar refractivity (Wildman–Crippen MR) is 98.2 cm³/mol. The molecule has 3 heteroatoms. The molecular formula is C20H41NO2. The van der Waals surface area contributed by atoms with E-state index in [0.29, 0.717) is 0 Å². The lowest BCUT2D eigenvalue weighted by molar-refractivity contribution is -0.102. The molecule has 1 fully saturated rings. The Morgan fingerprint density at radius 3 is 1.13 bits per heavy atom. The fourth-order valence-corrected chi connectivity index (χ4v) is 3.91. The first-order valence-corrected chi connectivity index (χ1v) is 10.2. The summed E-state index contributed by atoms with van der Waals surface area (Å²) in [6.45, 7) is 1.90. The molecule has 3 nitrogen and oxygen atoms in total. The summed E-state index contributed by atoms with van der Waals surface area (Å²) in [7, 11) is 0. The van der Waals surface area contributed by atoms with E-state index >= 15 is 0 Å². The fraction of sp³-hybridized carbons (Fsp3) is 1.00. The van der Waals surface area contributed by atoms with Gasteiger partial charge in [0.15, 0.2) is 6.29 Å². The second-order valence-electron chi connectivity index (χ2n) is 7.89. The quantitative estimate of drug-likeness (QED) is 0.633. The fourth-order valence-electron chi connectivity index (χ4n) is 3.91. The SMILES string of the molecule is CC(C(O)O)C1(N)CCCCCCCCCCCCCCCC1. The average Bonchev–Trinajstić information content (AvgIpc) is 2.53. The predicted octanol–water partition coefficient (Wildman–Crippen LogP) is 4.89. The van der Waals surface area contributed by atoms with Crippen molar-refractivity contribution in [2.75, 3.05) is 0 Å². The molecule has 1 aliphatic carbocycles. The van der Waals surface area contributed by atoms with Gasteiger partial charge < -0.3 is 15.9 Å². The third-order valence-electron chi connectivity index (χ3n) is 5.89. The molecule has 0 aromatic heterocycles. The summed E-state index contributed by atoms with van der Waals surface area (Å²) in [4.78, 5) is 0. The van der Waals surface area contributed by atoms with Crippen LogP contribution in [0.25, 0.3) is 0 Å². The topological polar surface area (TPSA) is 66.5 Å². The van der Waals surface area contributed by atoms with E-state index in [4.69, 9.17) is 5.73 Å². The number of rotatable bonds is 2. The van der Waals surface area contributed by atoms with Gasteiger partial charge >= 0.3 is 0 Å². The van der Waals surface area contributed by atoms with Gasteiger partial charge in [0.1, 0.15) is 0 Å². The molecule has 0 aromatic carbocycles. The zero-order valence-corrected chi connectivity index (χ0v) is 15.4. The Hall–Kier alpha value is -0.120. The smallest absolute Gasteiger partial charge is 0.155 e. The van der Waals surface area contributed by atoms with Crippen LogP contribution in [0, 0.1) is 5.92 Å². The third kappa shape index (κ3) is 9.07. The van der Waals surface area contributed by atoms with Crippen molar-refractivity contribution in [2.45, 2.75) is 121 Å². The largest absolute Gasteiger partial charge is 0.368 e. The van der Waals surface area contributed by atoms with Gasteiger partial charge in [0.25, 0.3) is 0 Å². The third-order valence-corrected chi connectivity index (χ3v) is 5.89. The van der Waals surface area contributed by atoms with E-state index in [9.17, 15) is 10.2 Å². The first-order chi connectivity index (χ1) is 11.1. The lowest BCUT2D eigenvalue weighted by Crippen LogP contribution is -2.50. The molecule has 4 N–H and O–H groups in total. The second-order valence-corrected chi connectivity index (χ2v) is 7.89. The van der Waals surface area contributed by atoms with Crippen molar-refractivity contribution in [1.29, 1.82) is 0 Å². The van der Waals surface area contributed by atoms with Gasteiger partial charge in [-0.15, -0.1) is 0 Å². The highest BCUT2D eigenvalue weighted by Crippen LogP contribution is 2.30. The van der Waals surface area contributed by atoms with Crippen molar-refractivity contribution in [3.05, 3.63) is 0 Å². The van der Waals surface area contributed by atoms with E-state index in [1.165, 1.54) is 77.0 Å².